The lowest BCUT2D eigenvalue weighted by Gasteiger charge is -2.13. The summed E-state index contributed by atoms with van der Waals surface area (Å²) in [6, 6.07) is 11.6. The molecule has 3 rings (SSSR count). The first-order valence-electron chi connectivity index (χ1n) is 7.21. The molecular formula is C17H17N3OS. The summed E-state index contributed by atoms with van der Waals surface area (Å²) in [4.78, 5) is 22.1. The smallest absolute Gasteiger partial charge is 0.268 e. The van der Waals surface area contributed by atoms with Gasteiger partial charge in [-0.15, -0.1) is 0 Å². The van der Waals surface area contributed by atoms with Gasteiger partial charge in [-0.1, -0.05) is 36.9 Å². The van der Waals surface area contributed by atoms with E-state index in [1.165, 1.54) is 0 Å². The molecule has 4 nitrogen and oxygen atoms in total. The molecule has 0 spiro atoms. The maximum Gasteiger partial charge on any atom is 0.268 e. The molecule has 0 unspecified atom stereocenters. The quantitative estimate of drug-likeness (QED) is 0.548. The molecule has 2 heterocycles. The number of pyridine rings is 1. The number of hydrogen-bond donors (Lipinski definition) is 0. The van der Waals surface area contributed by atoms with Gasteiger partial charge in [-0.3, -0.25) is 9.36 Å². The molecule has 3 aromatic rings. The summed E-state index contributed by atoms with van der Waals surface area (Å²) in [7, 11) is 0. The van der Waals surface area contributed by atoms with Crippen LogP contribution in [-0.2, 0) is 0 Å². The monoisotopic (exact) mass is 311 g/mol. The third kappa shape index (κ3) is 2.52. The molecule has 0 radical (unpaired) electrons. The lowest BCUT2D eigenvalue weighted by Crippen LogP contribution is -2.23. The van der Waals surface area contributed by atoms with Crippen LogP contribution in [-0.4, -0.2) is 20.3 Å². The fraction of sp³-hybridized carbons (Fsp3) is 0.235. The van der Waals surface area contributed by atoms with Gasteiger partial charge in [0, 0.05) is 5.69 Å². The number of nitrogens with zero attached hydrogens (tertiary/aromatic N) is 3. The summed E-state index contributed by atoms with van der Waals surface area (Å²) in [5, 5.41) is 1.28. The normalized spacial score (nSPS) is 11.0. The van der Waals surface area contributed by atoms with Crippen molar-refractivity contribution in [2.75, 3.05) is 5.75 Å². The molecule has 0 aliphatic rings. The molecule has 112 valence electrons. The molecule has 0 atom stereocenters. The largest absolute Gasteiger partial charge is 0.268 e. The van der Waals surface area contributed by atoms with Gasteiger partial charge in [-0.25, -0.2) is 9.97 Å². The Morgan fingerprint density at radius 2 is 1.86 bits per heavy atom. The zero-order valence-corrected chi connectivity index (χ0v) is 13.6. The molecule has 0 bridgehead atoms. The van der Waals surface area contributed by atoms with Crippen LogP contribution >= 0.6 is 11.8 Å². The van der Waals surface area contributed by atoms with Crippen molar-refractivity contribution in [3.8, 4) is 5.69 Å². The van der Waals surface area contributed by atoms with Gasteiger partial charge in [0.15, 0.2) is 10.8 Å². The van der Waals surface area contributed by atoms with Crippen LogP contribution in [0.5, 0.6) is 0 Å². The Balaban J connectivity index is 2.42. The molecule has 0 N–H and O–H groups in total. The van der Waals surface area contributed by atoms with Crippen LogP contribution in [0.4, 0.5) is 0 Å². The summed E-state index contributed by atoms with van der Waals surface area (Å²) >= 11 is 1.55. The standard InChI is InChI=1S/C17H17N3OS/c1-4-22-17-19-15-14(11(2)10-12(3)18-15)16(21)20(17)13-8-6-5-7-9-13/h5-10H,4H2,1-3H3. The highest BCUT2D eigenvalue weighted by molar-refractivity contribution is 7.99. The first-order chi connectivity index (χ1) is 10.6. The molecule has 2 aromatic heterocycles. The second-order valence-electron chi connectivity index (χ2n) is 5.08. The summed E-state index contributed by atoms with van der Waals surface area (Å²) in [6.07, 6.45) is 0. The van der Waals surface area contributed by atoms with E-state index in [2.05, 4.69) is 9.97 Å². The summed E-state index contributed by atoms with van der Waals surface area (Å²) in [5.74, 6) is 0.843. The Kier molecular flexibility index (Phi) is 3.98. The predicted molar refractivity (Wildman–Crippen MR) is 91.0 cm³/mol. The highest BCUT2D eigenvalue weighted by Gasteiger charge is 2.15. The molecule has 1 aromatic carbocycles. The Hall–Kier alpha value is -2.14. The van der Waals surface area contributed by atoms with Gasteiger partial charge in [-0.2, -0.15) is 0 Å². The van der Waals surface area contributed by atoms with Crippen molar-refractivity contribution in [1.82, 2.24) is 14.5 Å². The van der Waals surface area contributed by atoms with E-state index in [4.69, 9.17) is 0 Å². The molecule has 22 heavy (non-hydrogen) atoms. The minimum Gasteiger partial charge on any atom is -0.268 e. The molecule has 0 saturated carbocycles. The van der Waals surface area contributed by atoms with E-state index >= 15 is 0 Å². The van der Waals surface area contributed by atoms with E-state index in [1.54, 1.807) is 16.3 Å². The van der Waals surface area contributed by atoms with Gasteiger partial charge < -0.3 is 0 Å². The molecular weight excluding hydrogens is 294 g/mol. The highest BCUT2D eigenvalue weighted by atomic mass is 32.2. The second-order valence-corrected chi connectivity index (χ2v) is 6.31. The Morgan fingerprint density at radius 3 is 2.55 bits per heavy atom. The van der Waals surface area contributed by atoms with Gasteiger partial charge >= 0.3 is 0 Å². The average Bonchev–Trinajstić information content (AvgIpc) is 2.47. The molecule has 0 aliphatic carbocycles. The number of para-hydroxylation sites is 1. The predicted octanol–water partition coefficient (Wildman–Crippen LogP) is 3.51. The fourth-order valence-electron chi connectivity index (χ4n) is 2.53. The van der Waals surface area contributed by atoms with E-state index in [0.717, 1.165) is 22.7 Å². The summed E-state index contributed by atoms with van der Waals surface area (Å²) in [6.45, 7) is 5.90. The van der Waals surface area contributed by atoms with E-state index < -0.39 is 0 Å². The second kappa shape index (κ2) is 5.93. The molecule has 0 fully saturated rings. The van der Waals surface area contributed by atoms with E-state index in [9.17, 15) is 4.79 Å². The Morgan fingerprint density at radius 1 is 1.14 bits per heavy atom. The van der Waals surface area contributed by atoms with Crippen molar-refractivity contribution in [1.29, 1.82) is 0 Å². The fourth-order valence-corrected chi connectivity index (χ4v) is 3.26. The molecule has 0 aliphatic heterocycles. The SMILES string of the molecule is CCSc1nc2nc(C)cc(C)c2c(=O)n1-c1ccccc1. The first kappa shape index (κ1) is 14.8. The van der Waals surface area contributed by atoms with Crippen LogP contribution in [0.15, 0.2) is 46.3 Å². The van der Waals surface area contributed by atoms with Gasteiger partial charge in [-0.05, 0) is 43.4 Å². The zero-order valence-electron chi connectivity index (χ0n) is 12.8. The van der Waals surface area contributed by atoms with Crippen molar-refractivity contribution in [2.45, 2.75) is 25.9 Å². The maximum atomic E-state index is 13.0. The number of benzene rings is 1. The number of hydrogen-bond acceptors (Lipinski definition) is 4. The van der Waals surface area contributed by atoms with Gasteiger partial charge in [0.25, 0.3) is 5.56 Å². The van der Waals surface area contributed by atoms with Gasteiger partial charge in [0.1, 0.15) is 0 Å². The minimum absolute atomic E-state index is 0.0582. The lowest BCUT2D eigenvalue weighted by atomic mass is 10.2. The Bertz CT molecular complexity index is 888. The van der Waals surface area contributed by atoms with Crippen LogP contribution in [0.1, 0.15) is 18.2 Å². The van der Waals surface area contributed by atoms with Crippen molar-refractivity contribution < 1.29 is 0 Å². The van der Waals surface area contributed by atoms with Crippen LogP contribution in [0.2, 0.25) is 0 Å². The topological polar surface area (TPSA) is 47.8 Å². The van der Waals surface area contributed by atoms with E-state index in [1.807, 2.05) is 57.2 Å². The van der Waals surface area contributed by atoms with Crippen molar-refractivity contribution in [3.05, 3.63) is 58.0 Å². The van der Waals surface area contributed by atoms with Crippen LogP contribution < -0.4 is 5.56 Å². The summed E-state index contributed by atoms with van der Waals surface area (Å²) < 4.78 is 1.68. The van der Waals surface area contributed by atoms with Crippen molar-refractivity contribution >= 4 is 22.8 Å². The third-order valence-electron chi connectivity index (χ3n) is 3.42. The van der Waals surface area contributed by atoms with Gasteiger partial charge in [0.2, 0.25) is 0 Å². The minimum atomic E-state index is -0.0582. The Labute approximate surface area is 133 Å². The lowest BCUT2D eigenvalue weighted by molar-refractivity contribution is 0.813. The molecule has 5 heteroatoms. The third-order valence-corrected chi connectivity index (χ3v) is 4.24. The first-order valence-corrected chi connectivity index (χ1v) is 8.19. The van der Waals surface area contributed by atoms with Crippen LogP contribution in [0.25, 0.3) is 16.7 Å². The zero-order chi connectivity index (χ0) is 15.7. The van der Waals surface area contributed by atoms with Crippen molar-refractivity contribution in [2.24, 2.45) is 0 Å². The number of aryl methyl sites for hydroxylation is 2. The van der Waals surface area contributed by atoms with Crippen LogP contribution in [0, 0.1) is 13.8 Å². The number of aromatic nitrogens is 3. The van der Waals surface area contributed by atoms with E-state index in [-0.39, 0.29) is 5.56 Å². The van der Waals surface area contributed by atoms with Gasteiger partial charge in [0.05, 0.1) is 11.1 Å². The number of thioether (sulfide) groups is 1. The number of fused-ring (bicyclic) bond motifs is 1. The average molecular weight is 311 g/mol. The molecule has 0 amide bonds. The van der Waals surface area contributed by atoms with Crippen LogP contribution in [0.3, 0.4) is 0 Å². The van der Waals surface area contributed by atoms with Crippen molar-refractivity contribution in [3.63, 3.8) is 0 Å². The summed E-state index contributed by atoms with van der Waals surface area (Å²) in [5.41, 5.74) is 3.10. The molecule has 0 saturated heterocycles. The van der Waals surface area contributed by atoms with E-state index in [0.29, 0.717) is 16.2 Å². The number of rotatable bonds is 3. The highest BCUT2D eigenvalue weighted by Crippen LogP contribution is 2.21. The maximum absolute atomic E-state index is 13.0.